The third kappa shape index (κ3) is 7.72. The molecule has 0 aliphatic heterocycles. The van der Waals surface area contributed by atoms with Crippen molar-refractivity contribution < 1.29 is 9.53 Å². The molecule has 13 heavy (non-hydrogen) atoms. The monoisotopic (exact) mass is 184 g/mol. The predicted molar refractivity (Wildman–Crippen MR) is 54.8 cm³/mol. The van der Waals surface area contributed by atoms with Crippen molar-refractivity contribution in [1.29, 1.82) is 0 Å². The summed E-state index contributed by atoms with van der Waals surface area (Å²) in [5, 5.41) is 0. The zero-order valence-electron chi connectivity index (χ0n) is 8.93. The average Bonchev–Trinajstić information content (AvgIpc) is 2.10. The molecule has 1 atom stereocenters. The minimum atomic E-state index is 0.189. The van der Waals surface area contributed by atoms with Crippen LogP contribution in [0.25, 0.3) is 0 Å². The van der Waals surface area contributed by atoms with Crippen LogP contribution in [-0.4, -0.2) is 19.0 Å². The third-order valence-corrected chi connectivity index (χ3v) is 2.06. The van der Waals surface area contributed by atoms with E-state index in [1.54, 1.807) is 7.11 Å². The molecule has 2 nitrogen and oxygen atoms in total. The topological polar surface area (TPSA) is 26.3 Å². The summed E-state index contributed by atoms with van der Waals surface area (Å²) in [5.41, 5.74) is 1.08. The zero-order chi connectivity index (χ0) is 10.3. The van der Waals surface area contributed by atoms with Crippen LogP contribution in [0.2, 0.25) is 0 Å². The molecule has 0 saturated heterocycles. The van der Waals surface area contributed by atoms with Crippen LogP contribution in [0.15, 0.2) is 12.2 Å². The fourth-order valence-corrected chi connectivity index (χ4v) is 0.960. The van der Waals surface area contributed by atoms with E-state index in [1.165, 1.54) is 0 Å². The third-order valence-electron chi connectivity index (χ3n) is 2.06. The molecule has 0 bridgehead atoms. The van der Waals surface area contributed by atoms with E-state index >= 15 is 0 Å². The van der Waals surface area contributed by atoms with Crippen LogP contribution in [0.4, 0.5) is 0 Å². The molecule has 1 unspecified atom stereocenters. The van der Waals surface area contributed by atoms with E-state index in [-0.39, 0.29) is 6.10 Å². The van der Waals surface area contributed by atoms with Gasteiger partial charge in [0.15, 0.2) is 0 Å². The second kappa shape index (κ2) is 6.84. The molecule has 0 aromatic carbocycles. The van der Waals surface area contributed by atoms with Gasteiger partial charge in [-0.1, -0.05) is 5.57 Å². The Morgan fingerprint density at radius 3 is 2.46 bits per heavy atom. The molecule has 0 saturated carbocycles. The quantitative estimate of drug-likeness (QED) is 0.569. The van der Waals surface area contributed by atoms with Gasteiger partial charge in [-0.05, 0) is 26.7 Å². The van der Waals surface area contributed by atoms with Crippen molar-refractivity contribution in [3.63, 3.8) is 0 Å². The number of carbonyl (C=O) groups excluding carboxylic acids is 1. The second-order valence-electron chi connectivity index (χ2n) is 3.58. The van der Waals surface area contributed by atoms with Gasteiger partial charge in [0.25, 0.3) is 0 Å². The largest absolute Gasteiger partial charge is 0.382 e. The lowest BCUT2D eigenvalue weighted by molar-refractivity contribution is -0.119. The molecular weight excluding hydrogens is 164 g/mol. The average molecular weight is 184 g/mol. The summed E-state index contributed by atoms with van der Waals surface area (Å²) >= 11 is 0. The van der Waals surface area contributed by atoms with Gasteiger partial charge in [-0.2, -0.15) is 0 Å². The Morgan fingerprint density at radius 1 is 1.38 bits per heavy atom. The first-order chi connectivity index (χ1) is 6.06. The van der Waals surface area contributed by atoms with Crippen molar-refractivity contribution in [3.05, 3.63) is 12.2 Å². The highest BCUT2D eigenvalue weighted by Gasteiger charge is 2.05. The fourth-order valence-electron chi connectivity index (χ4n) is 0.960. The fraction of sp³-hybridized carbons (Fsp3) is 0.727. The maximum absolute atomic E-state index is 11.3. The van der Waals surface area contributed by atoms with E-state index in [4.69, 9.17) is 4.74 Å². The molecule has 0 aliphatic carbocycles. The lowest BCUT2D eigenvalue weighted by Gasteiger charge is -2.07. The molecule has 0 amide bonds. The SMILES string of the molecule is C=C(C)CCC(=O)CCC(C)OC. The summed E-state index contributed by atoms with van der Waals surface area (Å²) < 4.78 is 5.06. The maximum atomic E-state index is 11.3. The van der Waals surface area contributed by atoms with Crippen molar-refractivity contribution in [2.75, 3.05) is 7.11 Å². The Balaban J connectivity index is 3.46. The number of ketones is 1. The highest BCUT2D eigenvalue weighted by atomic mass is 16.5. The minimum Gasteiger partial charge on any atom is -0.382 e. The Labute approximate surface area is 81.0 Å². The Morgan fingerprint density at radius 2 is 2.00 bits per heavy atom. The van der Waals surface area contributed by atoms with Crippen molar-refractivity contribution in [3.8, 4) is 0 Å². The molecule has 0 fully saturated rings. The van der Waals surface area contributed by atoms with Crippen molar-refractivity contribution in [1.82, 2.24) is 0 Å². The molecule has 0 aliphatic rings. The van der Waals surface area contributed by atoms with E-state index in [9.17, 15) is 4.79 Å². The van der Waals surface area contributed by atoms with E-state index in [1.807, 2.05) is 13.8 Å². The lowest BCUT2D eigenvalue weighted by atomic mass is 10.1. The molecule has 0 rings (SSSR count). The molecule has 0 aromatic rings. The Hall–Kier alpha value is -0.630. The highest BCUT2D eigenvalue weighted by Crippen LogP contribution is 2.07. The van der Waals surface area contributed by atoms with Gasteiger partial charge in [-0.3, -0.25) is 4.79 Å². The normalized spacial score (nSPS) is 12.5. The van der Waals surface area contributed by atoms with Gasteiger partial charge in [0, 0.05) is 20.0 Å². The number of allylic oxidation sites excluding steroid dienone is 1. The number of ether oxygens (including phenoxy) is 1. The Kier molecular flexibility index (Phi) is 6.51. The van der Waals surface area contributed by atoms with Crippen molar-refractivity contribution in [2.24, 2.45) is 0 Å². The molecule has 0 aromatic heterocycles. The lowest BCUT2D eigenvalue weighted by Crippen LogP contribution is -2.08. The summed E-state index contributed by atoms with van der Waals surface area (Å²) in [7, 11) is 1.67. The number of hydrogen-bond acceptors (Lipinski definition) is 2. The molecule has 0 spiro atoms. The molecule has 0 N–H and O–H groups in total. The van der Waals surface area contributed by atoms with Gasteiger partial charge in [0.1, 0.15) is 5.78 Å². The summed E-state index contributed by atoms with van der Waals surface area (Å²) in [6.45, 7) is 7.69. The molecule has 0 radical (unpaired) electrons. The number of carbonyl (C=O) groups is 1. The number of methoxy groups -OCH3 is 1. The summed E-state index contributed by atoms with van der Waals surface area (Å²) in [5.74, 6) is 0.312. The van der Waals surface area contributed by atoms with Gasteiger partial charge in [-0.25, -0.2) is 0 Å². The van der Waals surface area contributed by atoms with Gasteiger partial charge in [0.2, 0.25) is 0 Å². The Bertz CT molecular complexity index is 173. The summed E-state index contributed by atoms with van der Waals surface area (Å²) in [6.07, 6.45) is 3.09. The van der Waals surface area contributed by atoms with Crippen LogP contribution in [0.1, 0.15) is 39.5 Å². The van der Waals surface area contributed by atoms with Gasteiger partial charge >= 0.3 is 0 Å². The van der Waals surface area contributed by atoms with Crippen LogP contribution < -0.4 is 0 Å². The number of hydrogen-bond donors (Lipinski definition) is 0. The van der Waals surface area contributed by atoms with Crippen LogP contribution in [0.3, 0.4) is 0 Å². The van der Waals surface area contributed by atoms with Gasteiger partial charge < -0.3 is 4.74 Å². The van der Waals surface area contributed by atoms with E-state index < -0.39 is 0 Å². The minimum absolute atomic E-state index is 0.189. The highest BCUT2D eigenvalue weighted by molar-refractivity contribution is 5.78. The van der Waals surface area contributed by atoms with Gasteiger partial charge in [-0.15, -0.1) is 6.58 Å². The maximum Gasteiger partial charge on any atom is 0.133 e. The van der Waals surface area contributed by atoms with Crippen molar-refractivity contribution >= 4 is 5.78 Å². The van der Waals surface area contributed by atoms with Crippen molar-refractivity contribution in [2.45, 2.75) is 45.6 Å². The van der Waals surface area contributed by atoms with Crippen LogP contribution >= 0.6 is 0 Å². The van der Waals surface area contributed by atoms with Gasteiger partial charge in [0.05, 0.1) is 6.10 Å². The number of Topliss-reactive ketones (excluding diaryl/α,β-unsaturated/α-hetero) is 1. The number of rotatable bonds is 7. The summed E-state index contributed by atoms with van der Waals surface area (Å²) in [6, 6.07) is 0. The first kappa shape index (κ1) is 12.4. The zero-order valence-corrected chi connectivity index (χ0v) is 8.93. The van der Waals surface area contributed by atoms with E-state index in [0.29, 0.717) is 18.6 Å². The first-order valence-corrected chi connectivity index (χ1v) is 4.75. The van der Waals surface area contributed by atoms with E-state index in [0.717, 1.165) is 18.4 Å². The van der Waals surface area contributed by atoms with Crippen LogP contribution in [-0.2, 0) is 9.53 Å². The predicted octanol–water partition coefficient (Wildman–Crippen LogP) is 2.73. The van der Waals surface area contributed by atoms with Crippen LogP contribution in [0.5, 0.6) is 0 Å². The standard InChI is InChI=1S/C11H20O2/c1-9(2)5-7-11(12)8-6-10(3)13-4/h10H,1,5-8H2,2-4H3. The molecule has 2 heteroatoms. The molecule has 76 valence electrons. The smallest absolute Gasteiger partial charge is 0.133 e. The second-order valence-corrected chi connectivity index (χ2v) is 3.58. The van der Waals surface area contributed by atoms with Crippen LogP contribution in [0, 0.1) is 0 Å². The van der Waals surface area contributed by atoms with E-state index in [2.05, 4.69) is 6.58 Å². The first-order valence-electron chi connectivity index (χ1n) is 4.75. The molecular formula is C11H20O2. The molecule has 0 heterocycles. The summed E-state index contributed by atoms with van der Waals surface area (Å²) in [4.78, 5) is 11.3.